The van der Waals surface area contributed by atoms with Crippen LogP contribution < -0.4 is 24.7 Å². The minimum Gasteiger partial charge on any atom is -0.494 e. The van der Waals surface area contributed by atoms with E-state index in [1.807, 2.05) is 24.3 Å². The number of nitrogens with zero attached hydrogens (tertiary/aromatic N) is 1. The number of ether oxygens (including phenoxy) is 4. The van der Waals surface area contributed by atoms with E-state index in [1.54, 1.807) is 42.5 Å². The van der Waals surface area contributed by atoms with Crippen LogP contribution in [0.15, 0.2) is 78.2 Å². The minimum atomic E-state index is -0.508. The van der Waals surface area contributed by atoms with Gasteiger partial charge in [-0.25, -0.2) is 4.79 Å². The third-order valence-electron chi connectivity index (χ3n) is 6.03. The van der Waals surface area contributed by atoms with Gasteiger partial charge in [-0.15, -0.1) is 0 Å². The van der Waals surface area contributed by atoms with Crippen LogP contribution in [-0.2, 0) is 0 Å². The lowest BCUT2D eigenvalue weighted by molar-refractivity contribution is 0.0734. The van der Waals surface area contributed by atoms with E-state index in [4.69, 9.17) is 24.7 Å². The van der Waals surface area contributed by atoms with Gasteiger partial charge in [-0.05, 0) is 60.4 Å². The molecule has 0 saturated carbocycles. The summed E-state index contributed by atoms with van der Waals surface area (Å²) in [6, 6.07) is 21.7. The molecule has 4 rings (SSSR count). The summed E-state index contributed by atoms with van der Waals surface area (Å²) in [4.78, 5) is 12.8. The first-order valence-electron chi connectivity index (χ1n) is 12.8. The van der Waals surface area contributed by atoms with Crippen LogP contribution in [0.2, 0.25) is 0 Å². The topological polar surface area (TPSA) is 104 Å². The molecule has 7 heteroatoms. The molecule has 2 N–H and O–H groups in total. The van der Waals surface area contributed by atoms with Gasteiger partial charge in [0.2, 0.25) is 5.88 Å². The molecular weight excluding hydrogens is 480 g/mol. The largest absolute Gasteiger partial charge is 0.494 e. The Labute approximate surface area is 223 Å². The van der Waals surface area contributed by atoms with Crippen LogP contribution in [0.3, 0.4) is 0 Å². The number of hydrogen-bond acceptors (Lipinski definition) is 7. The summed E-state index contributed by atoms with van der Waals surface area (Å²) < 4.78 is 22.9. The Bertz CT molecular complexity index is 1360. The molecule has 1 atom stereocenters. The summed E-state index contributed by atoms with van der Waals surface area (Å²) >= 11 is 0. The first-order valence-corrected chi connectivity index (χ1v) is 12.8. The van der Waals surface area contributed by atoms with Crippen LogP contribution in [0.25, 0.3) is 0 Å². The quantitative estimate of drug-likeness (QED) is 0.192. The maximum Gasteiger partial charge on any atom is 0.343 e. The van der Waals surface area contributed by atoms with Gasteiger partial charge in [0.15, 0.2) is 0 Å². The van der Waals surface area contributed by atoms with E-state index in [0.29, 0.717) is 47.5 Å². The lowest BCUT2D eigenvalue weighted by Crippen LogP contribution is -2.21. The fourth-order valence-electron chi connectivity index (χ4n) is 4.08. The Morgan fingerprint density at radius 2 is 1.79 bits per heavy atom. The van der Waals surface area contributed by atoms with Crippen molar-refractivity contribution in [1.82, 2.24) is 0 Å². The zero-order chi connectivity index (χ0) is 27.1. The maximum absolute atomic E-state index is 12.8. The molecule has 1 heterocycles. The fraction of sp³-hybridized carbons (Fsp3) is 0.290. The Morgan fingerprint density at radius 1 is 1.03 bits per heavy atom. The van der Waals surface area contributed by atoms with Crippen LogP contribution in [-0.4, -0.2) is 19.2 Å². The number of benzene rings is 3. The van der Waals surface area contributed by atoms with Crippen LogP contribution in [0.1, 0.15) is 61.0 Å². The summed E-state index contributed by atoms with van der Waals surface area (Å²) in [7, 11) is 0. The number of nitrogens with two attached hydrogens (primary N) is 1. The second-order valence-corrected chi connectivity index (χ2v) is 9.52. The third kappa shape index (κ3) is 6.27. The molecule has 1 unspecified atom stereocenters. The van der Waals surface area contributed by atoms with Gasteiger partial charge in [0.1, 0.15) is 34.6 Å². The summed E-state index contributed by atoms with van der Waals surface area (Å²) in [5, 5.41) is 9.86. The van der Waals surface area contributed by atoms with Crippen LogP contribution in [0.5, 0.6) is 23.0 Å². The van der Waals surface area contributed by atoms with Crippen molar-refractivity contribution in [2.45, 2.75) is 39.5 Å². The highest BCUT2D eigenvalue weighted by Crippen LogP contribution is 2.44. The van der Waals surface area contributed by atoms with Crippen LogP contribution in [0, 0.1) is 17.2 Å². The lowest BCUT2D eigenvalue weighted by atomic mass is 9.83. The molecule has 0 bridgehead atoms. The molecule has 0 saturated heterocycles. The van der Waals surface area contributed by atoms with Crippen molar-refractivity contribution < 1.29 is 23.7 Å². The highest BCUT2D eigenvalue weighted by atomic mass is 16.5. The third-order valence-corrected chi connectivity index (χ3v) is 6.03. The molecule has 1 aliphatic rings. The van der Waals surface area contributed by atoms with Crippen molar-refractivity contribution in [2.24, 2.45) is 11.7 Å². The number of unbranched alkanes of at least 4 members (excludes halogenated alkanes) is 1. The Hall–Kier alpha value is -4.44. The van der Waals surface area contributed by atoms with Crippen LogP contribution >= 0.6 is 0 Å². The van der Waals surface area contributed by atoms with Gasteiger partial charge < -0.3 is 24.7 Å². The second kappa shape index (κ2) is 12.2. The van der Waals surface area contributed by atoms with Crippen LogP contribution in [0.4, 0.5) is 0 Å². The van der Waals surface area contributed by atoms with E-state index in [1.165, 1.54) is 0 Å². The molecule has 0 aromatic heterocycles. The highest BCUT2D eigenvalue weighted by Gasteiger charge is 2.31. The molecule has 0 spiro atoms. The number of esters is 1. The SMILES string of the molecule is CCCCOc1cccc(C2C(C#N)=C(N)Oc3cc(OC(=O)c4ccc(OCC(C)C)cc4)ccc32)c1. The molecule has 0 amide bonds. The predicted molar refractivity (Wildman–Crippen MR) is 144 cm³/mol. The Balaban J connectivity index is 1.55. The van der Waals surface area contributed by atoms with Gasteiger partial charge in [0.25, 0.3) is 0 Å². The molecular formula is C31H32N2O5. The summed E-state index contributed by atoms with van der Waals surface area (Å²) in [5.74, 6) is 1.62. The predicted octanol–water partition coefficient (Wildman–Crippen LogP) is 6.34. The number of fused-ring (bicyclic) bond motifs is 1. The van der Waals surface area contributed by atoms with E-state index < -0.39 is 11.9 Å². The maximum atomic E-state index is 12.8. The molecule has 1 aliphatic heterocycles. The fourth-order valence-corrected chi connectivity index (χ4v) is 4.08. The van der Waals surface area contributed by atoms with Crippen molar-refractivity contribution in [2.75, 3.05) is 13.2 Å². The molecule has 0 aliphatic carbocycles. The van der Waals surface area contributed by atoms with Crippen molar-refractivity contribution in [3.8, 4) is 29.1 Å². The molecule has 3 aromatic rings. The summed E-state index contributed by atoms with van der Waals surface area (Å²) in [6.07, 6.45) is 1.99. The number of carbonyl (C=O) groups excluding carboxylic acids is 1. The van der Waals surface area contributed by atoms with E-state index in [9.17, 15) is 10.1 Å². The summed E-state index contributed by atoms with van der Waals surface area (Å²) in [5.41, 5.74) is 8.46. The van der Waals surface area contributed by atoms with E-state index >= 15 is 0 Å². The van der Waals surface area contributed by atoms with Gasteiger partial charge in [-0.3, -0.25) is 0 Å². The minimum absolute atomic E-state index is 0.0165. The van der Waals surface area contributed by atoms with Crippen molar-refractivity contribution in [3.05, 3.63) is 94.9 Å². The van der Waals surface area contributed by atoms with Crippen molar-refractivity contribution in [1.29, 1.82) is 5.26 Å². The molecule has 0 fully saturated rings. The molecule has 38 heavy (non-hydrogen) atoms. The number of carbonyl (C=O) groups is 1. The van der Waals surface area contributed by atoms with Gasteiger partial charge in [-0.1, -0.05) is 45.4 Å². The Morgan fingerprint density at radius 3 is 2.50 bits per heavy atom. The van der Waals surface area contributed by atoms with Gasteiger partial charge in [0.05, 0.1) is 24.7 Å². The van der Waals surface area contributed by atoms with Gasteiger partial charge >= 0.3 is 5.97 Å². The second-order valence-electron chi connectivity index (χ2n) is 9.52. The first kappa shape index (κ1) is 26.6. The van der Waals surface area contributed by atoms with Gasteiger partial charge in [0, 0.05) is 11.6 Å². The molecule has 3 aromatic carbocycles. The van der Waals surface area contributed by atoms with Crippen molar-refractivity contribution >= 4 is 5.97 Å². The number of rotatable bonds is 10. The smallest absolute Gasteiger partial charge is 0.343 e. The number of nitriles is 1. The lowest BCUT2D eigenvalue weighted by Gasteiger charge is -2.27. The van der Waals surface area contributed by atoms with E-state index in [0.717, 1.165) is 29.7 Å². The van der Waals surface area contributed by atoms with E-state index in [2.05, 4.69) is 26.8 Å². The van der Waals surface area contributed by atoms with Gasteiger partial charge in [-0.2, -0.15) is 5.26 Å². The molecule has 196 valence electrons. The normalized spacial score (nSPS) is 14.3. The standard InChI is InChI=1S/C31H32N2O5/c1-4-5-15-35-24-8-6-7-22(16-24)29-26-14-13-25(17-28(26)38-30(33)27(29)18-32)37-31(34)21-9-11-23(12-10-21)36-19-20(2)3/h6-14,16-17,20,29H,4-5,15,19,33H2,1-3H3. The first-order chi connectivity index (χ1) is 18.4. The highest BCUT2D eigenvalue weighted by molar-refractivity contribution is 5.91. The molecule has 7 nitrogen and oxygen atoms in total. The number of allylic oxidation sites excluding steroid dienone is 1. The zero-order valence-electron chi connectivity index (χ0n) is 21.9. The zero-order valence-corrected chi connectivity index (χ0v) is 21.9. The summed E-state index contributed by atoms with van der Waals surface area (Å²) in [6.45, 7) is 7.47. The average Bonchev–Trinajstić information content (AvgIpc) is 2.91. The monoisotopic (exact) mass is 512 g/mol. The average molecular weight is 513 g/mol. The van der Waals surface area contributed by atoms with Crippen molar-refractivity contribution in [3.63, 3.8) is 0 Å². The number of hydrogen-bond donors (Lipinski definition) is 1. The Kier molecular flexibility index (Phi) is 8.55. The van der Waals surface area contributed by atoms with E-state index in [-0.39, 0.29) is 5.88 Å². The molecule has 0 radical (unpaired) electrons.